The van der Waals surface area contributed by atoms with Crippen molar-refractivity contribution >= 4 is 21.9 Å². The van der Waals surface area contributed by atoms with Gasteiger partial charge in [-0.3, -0.25) is 0 Å². The van der Waals surface area contributed by atoms with E-state index in [0.29, 0.717) is 18.8 Å². The van der Waals surface area contributed by atoms with Crippen molar-refractivity contribution < 1.29 is 14.3 Å². The largest absolute Gasteiger partial charge is 0.489 e. The maximum Gasteiger partial charge on any atom is 0.338 e. The molecule has 4 heteroatoms. The second kappa shape index (κ2) is 9.93. The first-order valence-corrected chi connectivity index (χ1v) is 9.69. The summed E-state index contributed by atoms with van der Waals surface area (Å²) in [5, 5.41) is 0. The van der Waals surface area contributed by atoms with Gasteiger partial charge in [0, 0.05) is 4.47 Å². The van der Waals surface area contributed by atoms with Crippen molar-refractivity contribution in [3.8, 4) is 5.75 Å². The quantitative estimate of drug-likeness (QED) is 0.337. The van der Waals surface area contributed by atoms with E-state index in [9.17, 15) is 4.79 Å². The molecule has 0 aliphatic heterocycles. The number of esters is 1. The summed E-state index contributed by atoms with van der Waals surface area (Å²) in [7, 11) is 0. The highest BCUT2D eigenvalue weighted by Gasteiger charge is 2.08. The van der Waals surface area contributed by atoms with Crippen LogP contribution < -0.4 is 4.74 Å². The molecule has 0 spiro atoms. The van der Waals surface area contributed by atoms with Gasteiger partial charge < -0.3 is 9.47 Å². The maximum atomic E-state index is 12.0. The van der Waals surface area contributed by atoms with E-state index in [0.717, 1.165) is 34.2 Å². The molecule has 0 amide bonds. The average Bonchev–Trinajstić information content (AvgIpc) is 2.72. The summed E-state index contributed by atoms with van der Waals surface area (Å²) in [6.45, 7) is 0.898. The van der Waals surface area contributed by atoms with Gasteiger partial charge in [0.05, 0.1) is 12.2 Å². The molecule has 0 radical (unpaired) electrons. The lowest BCUT2D eigenvalue weighted by atomic mass is 10.1. The number of carbonyl (C=O) groups is 1. The van der Waals surface area contributed by atoms with E-state index in [1.54, 1.807) is 12.1 Å². The summed E-state index contributed by atoms with van der Waals surface area (Å²) in [6.07, 6.45) is 1.52. The van der Waals surface area contributed by atoms with E-state index in [1.165, 1.54) is 0 Å². The van der Waals surface area contributed by atoms with Crippen LogP contribution in [-0.2, 0) is 17.8 Å². The first kappa shape index (κ1) is 19.2. The van der Waals surface area contributed by atoms with Crippen LogP contribution >= 0.6 is 15.9 Å². The van der Waals surface area contributed by atoms with E-state index >= 15 is 0 Å². The van der Waals surface area contributed by atoms with Crippen LogP contribution in [0.1, 0.15) is 27.9 Å². The standard InChI is InChI=1S/C23H21BrO3/c24-21-14-13-19(22(16-21)27-17-18-8-3-1-4-9-18)12-7-15-26-23(25)20-10-5-2-6-11-20/h1-6,8-11,13-14,16H,7,12,15,17H2. The molecular weight excluding hydrogens is 404 g/mol. The summed E-state index contributed by atoms with van der Waals surface area (Å²) in [6, 6.07) is 25.2. The second-order valence-corrected chi connectivity index (χ2v) is 7.05. The lowest BCUT2D eigenvalue weighted by molar-refractivity contribution is 0.0500. The predicted octanol–water partition coefficient (Wildman–Crippen LogP) is 5.82. The predicted molar refractivity (Wildman–Crippen MR) is 110 cm³/mol. The Hall–Kier alpha value is -2.59. The average molecular weight is 425 g/mol. The van der Waals surface area contributed by atoms with Crippen LogP contribution in [0.4, 0.5) is 0 Å². The number of aryl methyl sites for hydroxylation is 1. The SMILES string of the molecule is O=C(OCCCc1ccc(Br)cc1OCc1ccccc1)c1ccccc1. The molecule has 0 saturated heterocycles. The van der Waals surface area contributed by atoms with Crippen LogP contribution in [0.25, 0.3) is 0 Å². The smallest absolute Gasteiger partial charge is 0.338 e. The number of rotatable bonds is 8. The Bertz CT molecular complexity index is 863. The topological polar surface area (TPSA) is 35.5 Å². The second-order valence-electron chi connectivity index (χ2n) is 6.13. The Labute approximate surface area is 168 Å². The number of ether oxygens (including phenoxy) is 2. The number of hydrogen-bond acceptors (Lipinski definition) is 3. The van der Waals surface area contributed by atoms with Crippen molar-refractivity contribution in [1.82, 2.24) is 0 Å². The molecule has 138 valence electrons. The maximum absolute atomic E-state index is 12.0. The summed E-state index contributed by atoms with van der Waals surface area (Å²) in [5.41, 5.74) is 2.80. The van der Waals surface area contributed by atoms with E-state index < -0.39 is 0 Å². The molecule has 3 nitrogen and oxygen atoms in total. The van der Waals surface area contributed by atoms with Crippen molar-refractivity contribution in [2.75, 3.05) is 6.61 Å². The Morgan fingerprint density at radius 1 is 0.889 bits per heavy atom. The van der Waals surface area contributed by atoms with E-state index in [4.69, 9.17) is 9.47 Å². The minimum Gasteiger partial charge on any atom is -0.489 e. The molecular formula is C23H21BrO3. The van der Waals surface area contributed by atoms with Crippen molar-refractivity contribution in [3.63, 3.8) is 0 Å². The van der Waals surface area contributed by atoms with Gasteiger partial charge in [-0.2, -0.15) is 0 Å². The van der Waals surface area contributed by atoms with Gasteiger partial charge in [-0.25, -0.2) is 4.79 Å². The van der Waals surface area contributed by atoms with Gasteiger partial charge in [0.15, 0.2) is 0 Å². The first-order chi connectivity index (χ1) is 13.2. The van der Waals surface area contributed by atoms with Gasteiger partial charge in [0.1, 0.15) is 12.4 Å². The molecule has 0 fully saturated rings. The normalized spacial score (nSPS) is 10.4. The summed E-state index contributed by atoms with van der Waals surface area (Å²) < 4.78 is 12.3. The van der Waals surface area contributed by atoms with Crippen LogP contribution in [0, 0.1) is 0 Å². The van der Waals surface area contributed by atoms with E-state index in [-0.39, 0.29) is 5.97 Å². The first-order valence-electron chi connectivity index (χ1n) is 8.90. The highest BCUT2D eigenvalue weighted by molar-refractivity contribution is 9.10. The monoisotopic (exact) mass is 424 g/mol. The Morgan fingerprint density at radius 3 is 2.33 bits per heavy atom. The van der Waals surface area contributed by atoms with Crippen LogP contribution in [0.3, 0.4) is 0 Å². The fourth-order valence-electron chi connectivity index (χ4n) is 2.69. The van der Waals surface area contributed by atoms with Crippen molar-refractivity contribution in [2.45, 2.75) is 19.4 Å². The number of hydrogen-bond donors (Lipinski definition) is 0. The Kier molecular flexibility index (Phi) is 7.05. The molecule has 3 rings (SSSR count). The van der Waals surface area contributed by atoms with E-state index in [1.807, 2.05) is 66.7 Å². The molecule has 0 heterocycles. The number of benzene rings is 3. The third-order valence-electron chi connectivity index (χ3n) is 4.10. The van der Waals surface area contributed by atoms with E-state index in [2.05, 4.69) is 15.9 Å². The molecule has 27 heavy (non-hydrogen) atoms. The van der Waals surface area contributed by atoms with Crippen LogP contribution in [0.15, 0.2) is 83.3 Å². The zero-order chi connectivity index (χ0) is 18.9. The molecule has 0 atom stereocenters. The lowest BCUT2D eigenvalue weighted by Crippen LogP contribution is -2.07. The molecule has 3 aromatic carbocycles. The molecule has 3 aromatic rings. The van der Waals surface area contributed by atoms with Crippen LogP contribution in [0.5, 0.6) is 5.75 Å². The van der Waals surface area contributed by atoms with Crippen LogP contribution in [-0.4, -0.2) is 12.6 Å². The summed E-state index contributed by atoms with van der Waals surface area (Å²) >= 11 is 3.50. The third kappa shape index (κ3) is 5.97. The molecule has 0 aliphatic carbocycles. The Balaban J connectivity index is 1.53. The molecule has 0 aromatic heterocycles. The molecule has 0 saturated carbocycles. The molecule has 0 N–H and O–H groups in total. The minimum absolute atomic E-state index is 0.285. The van der Waals surface area contributed by atoms with Gasteiger partial charge >= 0.3 is 5.97 Å². The van der Waals surface area contributed by atoms with Gasteiger partial charge in [-0.15, -0.1) is 0 Å². The number of carbonyl (C=O) groups excluding carboxylic acids is 1. The third-order valence-corrected chi connectivity index (χ3v) is 4.59. The fourth-order valence-corrected chi connectivity index (χ4v) is 3.03. The summed E-state index contributed by atoms with van der Waals surface area (Å²) in [4.78, 5) is 12.0. The fraction of sp³-hybridized carbons (Fsp3) is 0.174. The van der Waals surface area contributed by atoms with Crippen molar-refractivity contribution in [1.29, 1.82) is 0 Å². The lowest BCUT2D eigenvalue weighted by Gasteiger charge is -2.12. The molecule has 0 aliphatic rings. The minimum atomic E-state index is -0.285. The van der Waals surface area contributed by atoms with Gasteiger partial charge in [0.25, 0.3) is 0 Å². The molecule has 0 unspecified atom stereocenters. The van der Waals surface area contributed by atoms with Gasteiger partial charge in [0.2, 0.25) is 0 Å². The highest BCUT2D eigenvalue weighted by atomic mass is 79.9. The zero-order valence-corrected chi connectivity index (χ0v) is 16.5. The number of halogens is 1. The highest BCUT2D eigenvalue weighted by Crippen LogP contribution is 2.26. The Morgan fingerprint density at radius 2 is 1.59 bits per heavy atom. The summed E-state index contributed by atoms with van der Waals surface area (Å²) in [5.74, 6) is 0.564. The zero-order valence-electron chi connectivity index (χ0n) is 14.9. The molecule has 0 bridgehead atoms. The van der Waals surface area contributed by atoms with Crippen molar-refractivity contribution in [2.24, 2.45) is 0 Å². The van der Waals surface area contributed by atoms with Gasteiger partial charge in [-0.1, -0.05) is 70.5 Å². The van der Waals surface area contributed by atoms with Crippen molar-refractivity contribution in [3.05, 3.63) is 100 Å². The van der Waals surface area contributed by atoms with Crippen LogP contribution in [0.2, 0.25) is 0 Å². The van der Waals surface area contributed by atoms with Gasteiger partial charge in [-0.05, 0) is 48.2 Å².